The van der Waals surface area contributed by atoms with Crippen LogP contribution < -0.4 is 10.0 Å². The SMILES string of the molecule is Cc1ccc(C)c(NC(=O)c2ccc(C)c(S(=O)(=O)Nc3cc(C)ccc3C)c2)c1. The maximum absolute atomic E-state index is 13.1. The Labute approximate surface area is 178 Å². The molecular formula is C24H26N2O3S. The summed E-state index contributed by atoms with van der Waals surface area (Å²) in [5, 5.41) is 2.88. The number of hydrogen-bond donors (Lipinski definition) is 2. The predicted molar refractivity (Wildman–Crippen MR) is 122 cm³/mol. The van der Waals surface area contributed by atoms with Gasteiger partial charge in [0, 0.05) is 11.3 Å². The Hall–Kier alpha value is -3.12. The number of carbonyl (C=O) groups is 1. The molecule has 0 radical (unpaired) electrons. The summed E-state index contributed by atoms with van der Waals surface area (Å²) in [6.07, 6.45) is 0. The highest BCUT2D eigenvalue weighted by atomic mass is 32.2. The zero-order chi connectivity index (χ0) is 22.1. The van der Waals surface area contributed by atoms with Crippen molar-refractivity contribution in [1.82, 2.24) is 0 Å². The van der Waals surface area contributed by atoms with Crippen LogP contribution in [0, 0.1) is 34.6 Å². The molecule has 3 rings (SSSR count). The largest absolute Gasteiger partial charge is 0.322 e. The lowest BCUT2D eigenvalue weighted by Gasteiger charge is -2.14. The van der Waals surface area contributed by atoms with E-state index in [0.717, 1.165) is 22.3 Å². The molecule has 0 fully saturated rings. The van der Waals surface area contributed by atoms with Crippen LogP contribution in [0.2, 0.25) is 0 Å². The molecule has 0 atom stereocenters. The van der Waals surface area contributed by atoms with Crippen LogP contribution in [-0.4, -0.2) is 14.3 Å². The van der Waals surface area contributed by atoms with Gasteiger partial charge in [-0.05, 0) is 86.7 Å². The summed E-state index contributed by atoms with van der Waals surface area (Å²) in [4.78, 5) is 12.9. The summed E-state index contributed by atoms with van der Waals surface area (Å²) in [5.74, 6) is -0.355. The lowest BCUT2D eigenvalue weighted by molar-refractivity contribution is 0.102. The summed E-state index contributed by atoms with van der Waals surface area (Å²) in [6, 6.07) is 16.1. The normalized spacial score (nSPS) is 11.2. The molecule has 0 saturated heterocycles. The van der Waals surface area contributed by atoms with Gasteiger partial charge >= 0.3 is 0 Å². The first-order valence-electron chi connectivity index (χ1n) is 9.66. The van der Waals surface area contributed by atoms with Gasteiger partial charge in [0.1, 0.15) is 0 Å². The predicted octanol–water partition coefficient (Wildman–Crippen LogP) is 5.28. The number of hydrogen-bond acceptors (Lipinski definition) is 3. The van der Waals surface area contributed by atoms with Crippen molar-refractivity contribution < 1.29 is 13.2 Å². The van der Waals surface area contributed by atoms with Gasteiger partial charge in [-0.3, -0.25) is 9.52 Å². The molecule has 0 aliphatic carbocycles. The Bertz CT molecular complexity index is 1230. The molecule has 1 amide bonds. The first-order chi connectivity index (χ1) is 14.1. The standard InChI is InChI=1S/C24H26N2O3S/c1-15-6-8-17(3)21(12-15)25-24(27)20-11-10-19(5)23(14-20)30(28,29)26-22-13-16(2)7-9-18(22)4/h6-14,26H,1-5H3,(H,25,27). The van der Waals surface area contributed by atoms with Gasteiger partial charge in [0.25, 0.3) is 15.9 Å². The number of carbonyl (C=O) groups excluding carboxylic acids is 1. The summed E-state index contributed by atoms with van der Waals surface area (Å²) in [6.45, 7) is 9.32. The van der Waals surface area contributed by atoms with Crippen molar-refractivity contribution in [2.24, 2.45) is 0 Å². The van der Waals surface area contributed by atoms with Gasteiger partial charge in [0.15, 0.2) is 0 Å². The molecule has 30 heavy (non-hydrogen) atoms. The summed E-state index contributed by atoms with van der Waals surface area (Å²) < 4.78 is 28.8. The monoisotopic (exact) mass is 422 g/mol. The molecule has 0 spiro atoms. The van der Waals surface area contributed by atoms with Crippen LogP contribution in [0.1, 0.15) is 38.2 Å². The van der Waals surface area contributed by atoms with E-state index in [-0.39, 0.29) is 16.4 Å². The van der Waals surface area contributed by atoms with Crippen molar-refractivity contribution >= 4 is 27.3 Å². The molecule has 0 aromatic heterocycles. The first-order valence-corrected chi connectivity index (χ1v) is 11.1. The highest BCUT2D eigenvalue weighted by Crippen LogP contribution is 2.24. The van der Waals surface area contributed by atoms with Crippen LogP contribution in [0.4, 0.5) is 11.4 Å². The van der Waals surface area contributed by atoms with Crippen molar-refractivity contribution in [2.75, 3.05) is 10.0 Å². The molecule has 0 heterocycles. The number of aryl methyl sites for hydroxylation is 5. The summed E-state index contributed by atoms with van der Waals surface area (Å²) in [7, 11) is -3.86. The van der Waals surface area contributed by atoms with Crippen LogP contribution in [0.25, 0.3) is 0 Å². The highest BCUT2D eigenvalue weighted by Gasteiger charge is 2.20. The number of sulfonamides is 1. The van der Waals surface area contributed by atoms with Crippen molar-refractivity contribution in [3.63, 3.8) is 0 Å². The quantitative estimate of drug-likeness (QED) is 0.587. The molecule has 0 saturated carbocycles. The fourth-order valence-electron chi connectivity index (χ4n) is 3.14. The van der Waals surface area contributed by atoms with Gasteiger partial charge in [0.05, 0.1) is 10.6 Å². The minimum Gasteiger partial charge on any atom is -0.322 e. The smallest absolute Gasteiger partial charge is 0.262 e. The molecule has 6 heteroatoms. The Balaban J connectivity index is 1.93. The maximum Gasteiger partial charge on any atom is 0.262 e. The number of rotatable bonds is 5. The van der Waals surface area contributed by atoms with E-state index < -0.39 is 10.0 Å². The highest BCUT2D eigenvalue weighted by molar-refractivity contribution is 7.92. The van der Waals surface area contributed by atoms with E-state index in [1.54, 1.807) is 25.1 Å². The van der Waals surface area contributed by atoms with Crippen LogP contribution in [0.3, 0.4) is 0 Å². The van der Waals surface area contributed by atoms with E-state index in [1.807, 2.05) is 58.0 Å². The molecule has 2 N–H and O–H groups in total. The topological polar surface area (TPSA) is 75.3 Å². The zero-order valence-corrected chi connectivity index (χ0v) is 18.6. The van der Waals surface area contributed by atoms with Crippen LogP contribution in [-0.2, 0) is 10.0 Å². The van der Waals surface area contributed by atoms with Gasteiger partial charge in [-0.1, -0.05) is 30.3 Å². The molecule has 0 aliphatic heterocycles. The lowest BCUT2D eigenvalue weighted by atomic mass is 10.1. The number of benzene rings is 3. The Kier molecular flexibility index (Phi) is 5.99. The maximum atomic E-state index is 13.1. The van der Waals surface area contributed by atoms with Crippen molar-refractivity contribution in [1.29, 1.82) is 0 Å². The van der Waals surface area contributed by atoms with Crippen molar-refractivity contribution in [3.8, 4) is 0 Å². The van der Waals surface area contributed by atoms with E-state index >= 15 is 0 Å². The van der Waals surface area contributed by atoms with Gasteiger partial charge in [-0.25, -0.2) is 8.42 Å². The third-order valence-electron chi connectivity index (χ3n) is 5.02. The van der Waals surface area contributed by atoms with Gasteiger partial charge < -0.3 is 5.32 Å². The van der Waals surface area contributed by atoms with E-state index in [2.05, 4.69) is 10.0 Å². The molecule has 0 aliphatic rings. The number of anilines is 2. The minimum atomic E-state index is -3.86. The van der Waals surface area contributed by atoms with E-state index in [4.69, 9.17) is 0 Å². The minimum absolute atomic E-state index is 0.0806. The van der Waals surface area contributed by atoms with Crippen molar-refractivity contribution in [2.45, 2.75) is 39.5 Å². The van der Waals surface area contributed by atoms with E-state index in [0.29, 0.717) is 16.9 Å². The van der Waals surface area contributed by atoms with Gasteiger partial charge in [-0.2, -0.15) is 0 Å². The van der Waals surface area contributed by atoms with Crippen LogP contribution in [0.5, 0.6) is 0 Å². The first kappa shape index (κ1) is 21.6. The second-order valence-electron chi connectivity index (χ2n) is 7.68. The van der Waals surface area contributed by atoms with Crippen molar-refractivity contribution in [3.05, 3.63) is 88.0 Å². The second-order valence-corrected chi connectivity index (χ2v) is 9.33. The Morgan fingerprint density at radius 3 is 1.87 bits per heavy atom. The van der Waals surface area contributed by atoms with E-state index in [1.165, 1.54) is 6.07 Å². The molecule has 0 unspecified atom stereocenters. The molecule has 3 aromatic rings. The second kappa shape index (κ2) is 8.32. The zero-order valence-electron chi connectivity index (χ0n) is 17.8. The molecule has 0 bridgehead atoms. The fourth-order valence-corrected chi connectivity index (χ4v) is 4.53. The van der Waals surface area contributed by atoms with E-state index in [9.17, 15) is 13.2 Å². The summed E-state index contributed by atoms with van der Waals surface area (Å²) in [5.41, 5.74) is 5.82. The summed E-state index contributed by atoms with van der Waals surface area (Å²) >= 11 is 0. The Morgan fingerprint density at radius 1 is 0.700 bits per heavy atom. The average Bonchev–Trinajstić information content (AvgIpc) is 2.67. The molecule has 5 nitrogen and oxygen atoms in total. The van der Waals surface area contributed by atoms with Gasteiger partial charge in [0.2, 0.25) is 0 Å². The van der Waals surface area contributed by atoms with Crippen LogP contribution in [0.15, 0.2) is 59.5 Å². The third kappa shape index (κ3) is 4.71. The van der Waals surface area contributed by atoms with Crippen LogP contribution >= 0.6 is 0 Å². The third-order valence-corrected chi connectivity index (χ3v) is 6.53. The number of nitrogens with one attached hydrogen (secondary N) is 2. The molecule has 156 valence electrons. The number of amides is 1. The fraction of sp³-hybridized carbons (Fsp3) is 0.208. The average molecular weight is 423 g/mol. The molecular weight excluding hydrogens is 396 g/mol. The van der Waals surface area contributed by atoms with Gasteiger partial charge in [-0.15, -0.1) is 0 Å². The molecule has 3 aromatic carbocycles. The Morgan fingerprint density at radius 2 is 1.23 bits per heavy atom. The lowest BCUT2D eigenvalue weighted by Crippen LogP contribution is -2.18.